The Kier molecular flexibility index (Phi) is 6.37. The number of hydrogen-bond acceptors (Lipinski definition) is 6. The maximum Gasteiger partial charge on any atom is 0.290 e. The number of carbonyl (C=O) groups excluding carboxylic acids is 2. The molecule has 0 radical (unpaired) electrons. The van der Waals surface area contributed by atoms with E-state index in [0.717, 1.165) is 29.9 Å². The highest BCUT2D eigenvalue weighted by Gasteiger charge is 2.44. The average molecular weight is 448 g/mol. The van der Waals surface area contributed by atoms with Crippen molar-refractivity contribution in [2.24, 2.45) is 0 Å². The predicted octanol–water partition coefficient (Wildman–Crippen LogP) is 4.77. The third-order valence-corrected chi connectivity index (χ3v) is 6.58. The van der Waals surface area contributed by atoms with Gasteiger partial charge in [-0.15, -0.1) is 11.3 Å². The highest BCUT2D eigenvalue weighted by molar-refractivity contribution is 7.12. The van der Waals surface area contributed by atoms with Crippen LogP contribution < -0.4 is 4.90 Å². The highest BCUT2D eigenvalue weighted by atomic mass is 32.1. The zero-order valence-electron chi connectivity index (χ0n) is 18.1. The number of aliphatic hydroxyl groups excluding tert-OH is 1. The molecule has 0 saturated carbocycles. The summed E-state index contributed by atoms with van der Waals surface area (Å²) in [5, 5.41) is 12.6. The molecule has 1 aliphatic heterocycles. The second-order valence-corrected chi connectivity index (χ2v) is 8.48. The number of rotatable bonds is 8. The van der Waals surface area contributed by atoms with Gasteiger partial charge in [0, 0.05) is 37.7 Å². The molecule has 3 heterocycles. The van der Waals surface area contributed by atoms with E-state index in [2.05, 4.69) is 23.7 Å². The Hall–Kier alpha value is -3.45. The van der Waals surface area contributed by atoms with Crippen LogP contribution in [0.4, 0.5) is 5.69 Å². The lowest BCUT2D eigenvalue weighted by Crippen LogP contribution is -2.30. The lowest BCUT2D eigenvalue weighted by Gasteiger charge is -2.28. The number of hydrogen-bond donors (Lipinski definition) is 1. The predicted molar refractivity (Wildman–Crippen MR) is 126 cm³/mol. The number of ketones is 1. The maximum absolute atomic E-state index is 13.3. The first-order valence-electron chi connectivity index (χ1n) is 10.6. The van der Waals surface area contributed by atoms with Gasteiger partial charge in [-0.05, 0) is 54.6 Å². The first-order valence-corrected chi connectivity index (χ1v) is 11.5. The lowest BCUT2D eigenvalue weighted by atomic mass is 9.95. The van der Waals surface area contributed by atoms with Gasteiger partial charge in [-0.3, -0.25) is 14.6 Å². The molecule has 0 saturated heterocycles. The Labute approximate surface area is 191 Å². The number of nitrogens with zero attached hydrogens (tertiary/aromatic N) is 3. The molecule has 7 heteroatoms. The Morgan fingerprint density at radius 1 is 1.12 bits per heavy atom. The van der Waals surface area contributed by atoms with Crippen molar-refractivity contribution in [3.05, 3.63) is 93.6 Å². The van der Waals surface area contributed by atoms with E-state index in [4.69, 9.17) is 0 Å². The van der Waals surface area contributed by atoms with Gasteiger partial charge in [0.15, 0.2) is 5.76 Å². The van der Waals surface area contributed by atoms with E-state index in [-0.39, 0.29) is 17.9 Å². The number of pyridine rings is 1. The van der Waals surface area contributed by atoms with Gasteiger partial charge in [0.1, 0.15) is 0 Å². The van der Waals surface area contributed by atoms with Gasteiger partial charge in [0.25, 0.3) is 5.91 Å². The molecule has 2 aromatic heterocycles. The van der Waals surface area contributed by atoms with Crippen molar-refractivity contribution >= 4 is 28.7 Å². The zero-order valence-corrected chi connectivity index (χ0v) is 18.9. The maximum atomic E-state index is 13.3. The number of thiophene rings is 1. The summed E-state index contributed by atoms with van der Waals surface area (Å²) in [5.41, 5.74) is 2.79. The molecular formula is C25H25N3O3S. The van der Waals surface area contributed by atoms with E-state index in [1.165, 1.54) is 11.3 Å². The molecule has 4 rings (SSSR count). The van der Waals surface area contributed by atoms with E-state index < -0.39 is 17.7 Å². The second-order valence-electron chi connectivity index (χ2n) is 7.53. The standard InChI is InChI=1S/C25H25N3O3S/c1-3-27(4-2)19-11-9-18(10-12-19)22-21(23(29)20-8-6-14-32-20)24(30)25(31)28(22)16-17-7-5-13-26-15-17/h5-15,22,30H,3-4,16H2,1-2H3. The van der Waals surface area contributed by atoms with Crippen LogP contribution >= 0.6 is 11.3 Å². The van der Waals surface area contributed by atoms with Crippen molar-refractivity contribution in [2.75, 3.05) is 18.0 Å². The van der Waals surface area contributed by atoms with Crippen molar-refractivity contribution in [3.8, 4) is 0 Å². The monoisotopic (exact) mass is 447 g/mol. The minimum absolute atomic E-state index is 0.122. The molecule has 6 nitrogen and oxygen atoms in total. The number of Topliss-reactive ketones (excluding diaryl/α,β-unsaturated/α-hetero) is 1. The zero-order chi connectivity index (χ0) is 22.7. The smallest absolute Gasteiger partial charge is 0.290 e. The molecule has 32 heavy (non-hydrogen) atoms. The lowest BCUT2D eigenvalue weighted by molar-refractivity contribution is -0.130. The van der Waals surface area contributed by atoms with E-state index in [1.54, 1.807) is 35.5 Å². The fourth-order valence-electron chi connectivity index (χ4n) is 4.08. The molecule has 1 atom stereocenters. The SMILES string of the molecule is CCN(CC)c1ccc(C2C(C(=O)c3cccs3)=C(O)C(=O)N2Cc2cccnc2)cc1. The topological polar surface area (TPSA) is 73.7 Å². The summed E-state index contributed by atoms with van der Waals surface area (Å²) in [6, 6.07) is 14.4. The number of aromatic nitrogens is 1. The largest absolute Gasteiger partial charge is 0.503 e. The van der Waals surface area contributed by atoms with Crippen LogP contribution in [0.5, 0.6) is 0 Å². The van der Waals surface area contributed by atoms with Crippen LogP contribution in [-0.2, 0) is 11.3 Å². The van der Waals surface area contributed by atoms with Crippen LogP contribution in [0, 0.1) is 0 Å². The minimum atomic E-state index is -0.678. The third-order valence-electron chi connectivity index (χ3n) is 5.71. The van der Waals surface area contributed by atoms with Crippen LogP contribution in [0.1, 0.15) is 40.7 Å². The fourth-order valence-corrected chi connectivity index (χ4v) is 4.76. The summed E-state index contributed by atoms with van der Waals surface area (Å²) in [6.45, 7) is 6.20. The van der Waals surface area contributed by atoms with Crippen molar-refractivity contribution in [2.45, 2.75) is 26.4 Å². The molecule has 0 fully saturated rings. The molecule has 0 spiro atoms. The first kappa shape index (κ1) is 21.8. The van der Waals surface area contributed by atoms with Crippen molar-refractivity contribution in [3.63, 3.8) is 0 Å². The molecular weight excluding hydrogens is 422 g/mol. The Bertz CT molecular complexity index is 1120. The van der Waals surface area contributed by atoms with E-state index in [1.807, 2.05) is 35.7 Å². The van der Waals surface area contributed by atoms with Crippen molar-refractivity contribution < 1.29 is 14.7 Å². The summed E-state index contributed by atoms with van der Waals surface area (Å²) in [7, 11) is 0. The summed E-state index contributed by atoms with van der Waals surface area (Å²) in [4.78, 5) is 34.8. The number of aliphatic hydroxyl groups is 1. The fraction of sp³-hybridized carbons (Fsp3) is 0.240. The number of benzene rings is 1. The highest BCUT2D eigenvalue weighted by Crippen LogP contribution is 2.40. The Morgan fingerprint density at radius 2 is 1.88 bits per heavy atom. The normalized spacial score (nSPS) is 16.0. The van der Waals surface area contributed by atoms with Crippen LogP contribution in [0.3, 0.4) is 0 Å². The van der Waals surface area contributed by atoms with Gasteiger partial charge in [0.05, 0.1) is 16.5 Å². The number of amides is 1. The molecule has 1 aromatic carbocycles. The van der Waals surface area contributed by atoms with Crippen molar-refractivity contribution in [1.82, 2.24) is 9.88 Å². The van der Waals surface area contributed by atoms with Gasteiger partial charge < -0.3 is 14.9 Å². The van der Waals surface area contributed by atoms with Crippen LogP contribution in [-0.4, -0.2) is 39.8 Å². The van der Waals surface area contributed by atoms with Crippen LogP contribution in [0.25, 0.3) is 0 Å². The Morgan fingerprint density at radius 3 is 2.47 bits per heavy atom. The molecule has 0 aliphatic carbocycles. The van der Waals surface area contributed by atoms with Gasteiger partial charge in [-0.1, -0.05) is 24.3 Å². The van der Waals surface area contributed by atoms with E-state index >= 15 is 0 Å². The number of carbonyl (C=O) groups is 2. The molecule has 3 aromatic rings. The quantitative estimate of drug-likeness (QED) is 0.504. The van der Waals surface area contributed by atoms with E-state index in [0.29, 0.717) is 4.88 Å². The summed E-state index contributed by atoms with van der Waals surface area (Å²) in [5.74, 6) is -1.35. The molecule has 1 aliphatic rings. The van der Waals surface area contributed by atoms with Crippen LogP contribution in [0.2, 0.25) is 0 Å². The number of anilines is 1. The van der Waals surface area contributed by atoms with Crippen molar-refractivity contribution in [1.29, 1.82) is 0 Å². The molecule has 1 unspecified atom stereocenters. The van der Waals surface area contributed by atoms with Gasteiger partial charge in [-0.2, -0.15) is 0 Å². The molecule has 0 bridgehead atoms. The summed E-state index contributed by atoms with van der Waals surface area (Å²) >= 11 is 1.29. The molecule has 164 valence electrons. The molecule has 1 amide bonds. The second kappa shape index (κ2) is 9.36. The average Bonchev–Trinajstić information content (AvgIpc) is 3.44. The summed E-state index contributed by atoms with van der Waals surface area (Å²) in [6.07, 6.45) is 3.35. The minimum Gasteiger partial charge on any atom is -0.503 e. The van der Waals surface area contributed by atoms with Gasteiger partial charge in [0.2, 0.25) is 5.78 Å². The molecule has 1 N–H and O–H groups in total. The third kappa shape index (κ3) is 4.03. The van der Waals surface area contributed by atoms with Crippen LogP contribution in [0.15, 0.2) is 77.6 Å². The first-order chi connectivity index (χ1) is 15.5. The van der Waals surface area contributed by atoms with E-state index in [9.17, 15) is 14.7 Å². The van der Waals surface area contributed by atoms with Gasteiger partial charge >= 0.3 is 0 Å². The Balaban J connectivity index is 1.76. The summed E-state index contributed by atoms with van der Waals surface area (Å²) < 4.78 is 0. The van der Waals surface area contributed by atoms with Gasteiger partial charge in [-0.25, -0.2) is 0 Å².